The molecule has 49 valence electrons. The van der Waals surface area contributed by atoms with E-state index in [1.54, 1.807) is 0 Å². The van der Waals surface area contributed by atoms with Crippen LogP contribution in [0, 0.1) is 0 Å². The van der Waals surface area contributed by atoms with Crippen LogP contribution < -0.4 is 0 Å². The molecule has 0 saturated heterocycles. The summed E-state index contributed by atoms with van der Waals surface area (Å²) < 4.78 is 0. The number of urea groups is 1. The fourth-order valence-electron chi connectivity index (χ4n) is 0.189. The molecule has 5 heteroatoms. The summed E-state index contributed by atoms with van der Waals surface area (Å²) in [5.41, 5.74) is 0. The normalized spacial score (nSPS) is 6.89. The Bertz CT molecular complexity index is 107. The van der Waals surface area contributed by atoms with Crippen LogP contribution >= 0.6 is 0 Å². The first-order valence-corrected chi connectivity index (χ1v) is 1.97. The first kappa shape index (κ1) is 11.8. The SMILES string of the molecule is C[N-]C(=O)N(C)[C-]=O.[Y]. The van der Waals surface area contributed by atoms with Crippen molar-refractivity contribution < 1.29 is 42.3 Å². The Morgan fingerprint density at radius 2 is 2.11 bits per heavy atom. The number of nitrogens with zero attached hydrogens (tertiary/aromatic N) is 2. The first-order chi connectivity index (χ1) is 3.72. The van der Waals surface area contributed by atoms with Crippen molar-refractivity contribution in [2.75, 3.05) is 14.1 Å². The average Bonchev–Trinajstić information content (AvgIpc) is 1.84. The molecule has 0 aromatic carbocycles. The molecule has 0 rings (SSSR count). The van der Waals surface area contributed by atoms with Crippen molar-refractivity contribution in [2.45, 2.75) is 0 Å². The molecule has 0 N–H and O–H groups in total. The molecule has 9 heavy (non-hydrogen) atoms. The third-order valence-electron chi connectivity index (χ3n) is 0.615. The van der Waals surface area contributed by atoms with Crippen LogP contribution in [0.1, 0.15) is 0 Å². The van der Waals surface area contributed by atoms with Crippen LogP contribution in [0.2, 0.25) is 0 Å². The number of imide groups is 1. The number of rotatable bonds is 1. The van der Waals surface area contributed by atoms with Gasteiger partial charge in [0.05, 0.1) is 0 Å². The fourth-order valence-corrected chi connectivity index (χ4v) is 0.189. The summed E-state index contributed by atoms with van der Waals surface area (Å²) in [5.74, 6) is 0. The molecular weight excluding hydrogens is 197 g/mol. The van der Waals surface area contributed by atoms with Gasteiger partial charge in [0.2, 0.25) is 0 Å². The third-order valence-corrected chi connectivity index (χ3v) is 0.615. The van der Waals surface area contributed by atoms with Crippen molar-refractivity contribution in [3.05, 3.63) is 5.32 Å². The van der Waals surface area contributed by atoms with E-state index in [0.29, 0.717) is 0 Å². The second-order valence-corrected chi connectivity index (χ2v) is 1.16. The summed E-state index contributed by atoms with van der Waals surface area (Å²) in [6.45, 7) is 0. The zero-order valence-electron chi connectivity index (χ0n) is 5.29. The monoisotopic (exact) mass is 203 g/mol. The van der Waals surface area contributed by atoms with Crippen molar-refractivity contribution >= 4 is 12.4 Å². The van der Waals surface area contributed by atoms with Crippen LogP contribution in [0.3, 0.4) is 0 Å². The third kappa shape index (κ3) is 4.54. The summed E-state index contributed by atoms with van der Waals surface area (Å²) in [7, 11) is 2.61. The minimum Gasteiger partial charge on any atom is -0.548 e. The van der Waals surface area contributed by atoms with Crippen LogP contribution in [0.25, 0.3) is 5.32 Å². The molecule has 0 aliphatic heterocycles. The summed E-state index contributed by atoms with van der Waals surface area (Å²) in [4.78, 5) is 20.6. The maximum atomic E-state index is 10.2. The second-order valence-electron chi connectivity index (χ2n) is 1.16. The van der Waals surface area contributed by atoms with Crippen LogP contribution in [-0.2, 0) is 37.5 Å². The van der Waals surface area contributed by atoms with Gasteiger partial charge in [-0.2, -0.15) is 0 Å². The number of carbonyl (C=O) groups is 1. The summed E-state index contributed by atoms with van der Waals surface area (Å²) in [6, 6.07) is -0.583. The van der Waals surface area contributed by atoms with Gasteiger partial charge in [0.25, 0.3) is 0 Å². The predicted molar refractivity (Wildman–Crippen MR) is 28.1 cm³/mol. The Kier molecular flexibility index (Phi) is 8.08. The minimum atomic E-state index is -0.583. The van der Waals surface area contributed by atoms with Gasteiger partial charge in [0.1, 0.15) is 0 Å². The van der Waals surface area contributed by atoms with Gasteiger partial charge < -0.3 is 19.8 Å². The molecule has 0 aromatic heterocycles. The maximum absolute atomic E-state index is 10.2. The molecule has 0 atom stereocenters. The molecule has 4 nitrogen and oxygen atoms in total. The number of hydrogen-bond donors (Lipinski definition) is 0. The fraction of sp³-hybridized carbons (Fsp3) is 0.500. The largest absolute Gasteiger partial charge is 0.548 e. The van der Waals surface area contributed by atoms with Crippen LogP contribution in [0.15, 0.2) is 0 Å². The van der Waals surface area contributed by atoms with Gasteiger partial charge >= 0.3 is 0 Å². The van der Waals surface area contributed by atoms with Gasteiger partial charge in [-0.15, -0.1) is 0 Å². The molecule has 3 amide bonds. The zero-order chi connectivity index (χ0) is 6.57. The predicted octanol–water partition coefficient (Wildman–Crippen LogP) is 0.106. The Balaban J connectivity index is 0. The molecular formula is C4H6N2O2Y-2. The van der Waals surface area contributed by atoms with Crippen LogP contribution in [0.5, 0.6) is 0 Å². The zero-order valence-corrected chi connectivity index (χ0v) is 8.13. The molecule has 0 fully saturated rings. The van der Waals surface area contributed by atoms with Crippen molar-refractivity contribution in [3.63, 3.8) is 0 Å². The molecule has 0 aliphatic rings. The van der Waals surface area contributed by atoms with Crippen molar-refractivity contribution in [1.29, 1.82) is 0 Å². The van der Waals surface area contributed by atoms with Crippen molar-refractivity contribution in [2.24, 2.45) is 0 Å². The van der Waals surface area contributed by atoms with E-state index in [9.17, 15) is 9.59 Å². The minimum absolute atomic E-state index is 0. The topological polar surface area (TPSA) is 51.5 Å². The Morgan fingerprint density at radius 3 is 2.22 bits per heavy atom. The van der Waals surface area contributed by atoms with Gasteiger partial charge in [0.15, 0.2) is 0 Å². The van der Waals surface area contributed by atoms with Gasteiger partial charge in [-0.1, -0.05) is 14.1 Å². The molecule has 0 spiro atoms. The molecule has 0 unspecified atom stereocenters. The molecule has 0 aliphatic carbocycles. The summed E-state index contributed by atoms with van der Waals surface area (Å²) in [6.07, 6.45) is 1.36. The van der Waals surface area contributed by atoms with Gasteiger partial charge in [-0.25, -0.2) is 0 Å². The Morgan fingerprint density at radius 1 is 1.67 bits per heavy atom. The molecule has 0 aromatic rings. The standard InChI is InChI=1S/C4H7N2O2.Y/c1-5-4(8)6(2)3-7;/h1-2H3,(H,5,8);/q-1;/p-1. The van der Waals surface area contributed by atoms with E-state index >= 15 is 0 Å². The van der Waals surface area contributed by atoms with E-state index in [4.69, 9.17) is 0 Å². The smallest absolute Gasteiger partial charge is 0 e. The van der Waals surface area contributed by atoms with Crippen LogP contribution in [-0.4, -0.2) is 31.4 Å². The number of carbonyl (C=O) groups excluding carboxylic acids is 2. The molecule has 0 saturated carbocycles. The molecule has 1 radical (unpaired) electrons. The van der Waals surface area contributed by atoms with E-state index in [1.165, 1.54) is 20.5 Å². The van der Waals surface area contributed by atoms with E-state index in [2.05, 4.69) is 5.32 Å². The van der Waals surface area contributed by atoms with Crippen LogP contribution in [0.4, 0.5) is 4.79 Å². The summed E-state index contributed by atoms with van der Waals surface area (Å²) in [5, 5.41) is 3.18. The number of amides is 3. The average molecular weight is 203 g/mol. The van der Waals surface area contributed by atoms with E-state index in [1.807, 2.05) is 0 Å². The molecule has 0 bridgehead atoms. The van der Waals surface area contributed by atoms with Gasteiger partial charge in [-0.3, -0.25) is 0 Å². The summed E-state index contributed by atoms with van der Waals surface area (Å²) >= 11 is 0. The van der Waals surface area contributed by atoms with E-state index in [0.717, 1.165) is 4.90 Å². The van der Waals surface area contributed by atoms with Crippen molar-refractivity contribution in [1.82, 2.24) is 4.90 Å². The second kappa shape index (κ2) is 6.17. The number of hydrogen-bond acceptors (Lipinski definition) is 2. The Hall–Kier alpha value is 0.0439. The van der Waals surface area contributed by atoms with E-state index < -0.39 is 6.03 Å². The first-order valence-electron chi connectivity index (χ1n) is 1.97. The van der Waals surface area contributed by atoms with Gasteiger partial charge in [0, 0.05) is 32.7 Å². The van der Waals surface area contributed by atoms with E-state index in [-0.39, 0.29) is 32.7 Å². The quantitative estimate of drug-likeness (QED) is 0.448. The Labute approximate surface area is 78.9 Å². The van der Waals surface area contributed by atoms with Crippen molar-refractivity contribution in [3.8, 4) is 0 Å². The molecule has 0 heterocycles. The maximum Gasteiger partial charge on any atom is 0 e. The van der Waals surface area contributed by atoms with Gasteiger partial charge in [-0.05, 0) is 12.4 Å².